The highest BCUT2D eigenvalue weighted by Gasteiger charge is 2.50. The second-order valence-corrected chi connectivity index (χ2v) is 11.1. The van der Waals surface area contributed by atoms with Crippen LogP contribution in [0, 0.1) is 0 Å². The van der Waals surface area contributed by atoms with Gasteiger partial charge >= 0.3 is 0 Å². The smallest absolute Gasteiger partial charge is 0.137 e. The molecule has 0 aliphatic carbocycles. The molecule has 0 bridgehead atoms. The summed E-state index contributed by atoms with van der Waals surface area (Å²) in [6.07, 6.45) is -3.89. The summed E-state index contributed by atoms with van der Waals surface area (Å²) in [5, 5.41) is 21.0. The number of hydrogen-bond donors (Lipinski definition) is 2. The lowest BCUT2D eigenvalue weighted by Gasteiger charge is -2.47. The summed E-state index contributed by atoms with van der Waals surface area (Å²) in [5.41, 5.74) is 2.48. The van der Waals surface area contributed by atoms with E-state index in [9.17, 15) is 10.2 Å². The molecule has 1 fully saturated rings. The Kier molecular flexibility index (Phi) is 11.0. The summed E-state index contributed by atoms with van der Waals surface area (Å²) in [4.78, 5) is 0.994. The first-order chi connectivity index (χ1) is 20.2. The van der Waals surface area contributed by atoms with Gasteiger partial charge in [-0.15, -0.1) is 0 Å². The average molecular weight is 573 g/mol. The highest BCUT2D eigenvalue weighted by Crippen LogP contribution is 2.39. The lowest BCUT2D eigenvalue weighted by Crippen LogP contribution is -2.62. The van der Waals surface area contributed by atoms with Crippen LogP contribution < -0.4 is 0 Å². The summed E-state index contributed by atoms with van der Waals surface area (Å²) in [6.45, 7) is 0.493. The van der Waals surface area contributed by atoms with Crippen molar-refractivity contribution in [3.8, 4) is 0 Å². The van der Waals surface area contributed by atoms with Gasteiger partial charge in [-0.1, -0.05) is 121 Å². The van der Waals surface area contributed by atoms with E-state index in [2.05, 4.69) is 0 Å². The largest absolute Gasteiger partial charge is 0.394 e. The molecule has 214 valence electrons. The minimum absolute atomic E-state index is 0.288. The lowest BCUT2D eigenvalue weighted by molar-refractivity contribution is -0.264. The van der Waals surface area contributed by atoms with Gasteiger partial charge in [-0.25, -0.2) is 0 Å². The van der Waals surface area contributed by atoms with Crippen LogP contribution in [0.3, 0.4) is 0 Å². The third kappa shape index (κ3) is 8.27. The van der Waals surface area contributed by atoms with E-state index in [-0.39, 0.29) is 6.61 Å². The van der Waals surface area contributed by atoms with Crippen LogP contribution in [-0.4, -0.2) is 52.8 Å². The molecule has 1 aliphatic heterocycles. The Morgan fingerprint density at radius 1 is 0.585 bits per heavy atom. The molecule has 6 nitrogen and oxygen atoms in total. The summed E-state index contributed by atoms with van der Waals surface area (Å²) < 4.78 is 26.3. The van der Waals surface area contributed by atoms with Crippen LogP contribution in [0.4, 0.5) is 0 Å². The number of aliphatic hydroxyl groups is 2. The third-order valence-electron chi connectivity index (χ3n) is 6.95. The van der Waals surface area contributed by atoms with Gasteiger partial charge in [0.1, 0.15) is 36.0 Å². The van der Waals surface area contributed by atoms with Crippen LogP contribution in [0.25, 0.3) is 0 Å². The van der Waals surface area contributed by atoms with Gasteiger partial charge in [0.15, 0.2) is 0 Å². The van der Waals surface area contributed by atoms with Crippen LogP contribution in [0.2, 0.25) is 0 Å². The molecule has 7 heteroatoms. The number of aliphatic hydroxyl groups excluding tert-OH is 2. The van der Waals surface area contributed by atoms with E-state index in [4.69, 9.17) is 18.9 Å². The zero-order chi connectivity index (χ0) is 28.3. The van der Waals surface area contributed by atoms with Crippen molar-refractivity contribution < 1.29 is 29.2 Å². The maximum Gasteiger partial charge on any atom is 0.137 e. The zero-order valence-corrected chi connectivity index (χ0v) is 23.6. The molecule has 5 rings (SSSR count). The van der Waals surface area contributed by atoms with Gasteiger partial charge in [-0.2, -0.15) is 0 Å². The minimum atomic E-state index is -1.17. The Morgan fingerprint density at radius 2 is 1.00 bits per heavy atom. The Bertz CT molecular complexity index is 1280. The summed E-state index contributed by atoms with van der Waals surface area (Å²) in [6, 6.07) is 39.7. The highest BCUT2D eigenvalue weighted by atomic mass is 32.2. The van der Waals surface area contributed by atoms with Crippen molar-refractivity contribution in [1.82, 2.24) is 0 Å². The van der Waals surface area contributed by atoms with Crippen molar-refractivity contribution >= 4 is 11.8 Å². The summed E-state index contributed by atoms with van der Waals surface area (Å²) in [5.74, 6) is 0. The molecule has 0 spiro atoms. The maximum atomic E-state index is 11.0. The Morgan fingerprint density at radius 3 is 1.46 bits per heavy atom. The van der Waals surface area contributed by atoms with Crippen molar-refractivity contribution in [2.24, 2.45) is 0 Å². The van der Waals surface area contributed by atoms with Crippen molar-refractivity contribution in [3.63, 3.8) is 0 Å². The normalized spacial score (nSPS) is 23.2. The predicted molar refractivity (Wildman–Crippen MR) is 159 cm³/mol. The topological polar surface area (TPSA) is 77.4 Å². The first-order valence-corrected chi connectivity index (χ1v) is 14.7. The van der Waals surface area contributed by atoms with Gasteiger partial charge in [0, 0.05) is 4.90 Å². The first kappa shape index (κ1) is 29.5. The molecule has 41 heavy (non-hydrogen) atoms. The molecule has 0 aromatic heterocycles. The number of hydrogen-bond acceptors (Lipinski definition) is 7. The van der Waals surface area contributed by atoms with Crippen molar-refractivity contribution in [2.45, 2.75) is 60.7 Å². The molecule has 4 aromatic rings. The van der Waals surface area contributed by atoms with E-state index < -0.39 is 42.6 Å². The van der Waals surface area contributed by atoms with E-state index >= 15 is 0 Å². The number of thioether (sulfide) groups is 1. The van der Waals surface area contributed by atoms with E-state index in [1.165, 1.54) is 11.8 Å². The predicted octanol–water partition coefficient (Wildman–Crippen LogP) is 5.61. The monoisotopic (exact) mass is 572 g/mol. The standard InChI is InChI=1S/C34H36O6S/c35-21-29(36)30-31(37-22-25-13-5-1-6-14-25)32(38-23-26-15-7-2-8-16-26)33(39-24-27-17-9-3-10-18-27)34(40-30)41-28-19-11-4-12-20-28/h1-20,29-36H,21-24H2/t29-,30-,31-,32+,33+,34-/m1/s1. The van der Waals surface area contributed by atoms with E-state index in [0.717, 1.165) is 21.6 Å². The molecule has 1 heterocycles. The quantitative estimate of drug-likeness (QED) is 0.216. The fraction of sp³-hybridized carbons (Fsp3) is 0.294. The molecule has 1 saturated heterocycles. The molecular weight excluding hydrogens is 536 g/mol. The summed E-state index contributed by atoms with van der Waals surface area (Å²) >= 11 is 1.51. The lowest BCUT2D eigenvalue weighted by atomic mass is 9.95. The molecular formula is C34H36O6S. The van der Waals surface area contributed by atoms with Crippen LogP contribution >= 0.6 is 11.8 Å². The third-order valence-corrected chi connectivity index (χ3v) is 8.10. The zero-order valence-electron chi connectivity index (χ0n) is 22.8. The SMILES string of the molecule is OC[C@@H](O)[C@H]1O[C@H](Sc2ccccc2)[C@@H](OCc2ccccc2)[C@@H](OCc2ccccc2)[C@@H]1OCc1ccccc1. The van der Waals surface area contributed by atoms with Gasteiger partial charge in [0.25, 0.3) is 0 Å². The molecule has 6 atom stereocenters. The van der Waals surface area contributed by atoms with Crippen molar-refractivity contribution in [1.29, 1.82) is 0 Å². The number of benzene rings is 4. The van der Waals surface area contributed by atoms with Crippen molar-refractivity contribution in [3.05, 3.63) is 138 Å². The van der Waals surface area contributed by atoms with Crippen molar-refractivity contribution in [2.75, 3.05) is 6.61 Å². The molecule has 0 saturated carbocycles. The highest BCUT2D eigenvalue weighted by molar-refractivity contribution is 7.99. The Hall–Kier alpha value is -3.01. The molecule has 0 unspecified atom stereocenters. The molecule has 2 N–H and O–H groups in total. The van der Waals surface area contributed by atoms with Gasteiger partial charge < -0.3 is 29.2 Å². The summed E-state index contributed by atoms with van der Waals surface area (Å²) in [7, 11) is 0. The maximum absolute atomic E-state index is 11.0. The minimum Gasteiger partial charge on any atom is -0.394 e. The fourth-order valence-electron chi connectivity index (χ4n) is 4.83. The van der Waals surface area contributed by atoms with Gasteiger partial charge in [0.2, 0.25) is 0 Å². The fourth-order valence-corrected chi connectivity index (χ4v) is 5.97. The van der Waals surface area contributed by atoms with E-state index in [0.29, 0.717) is 13.2 Å². The molecule has 1 aliphatic rings. The van der Waals surface area contributed by atoms with Gasteiger partial charge in [-0.3, -0.25) is 0 Å². The van der Waals surface area contributed by atoms with E-state index in [1.807, 2.05) is 121 Å². The first-order valence-electron chi connectivity index (χ1n) is 13.8. The van der Waals surface area contributed by atoms with E-state index in [1.54, 1.807) is 0 Å². The Labute approximate surface area is 245 Å². The van der Waals surface area contributed by atoms with Crippen LogP contribution in [0.5, 0.6) is 0 Å². The second kappa shape index (κ2) is 15.3. The Balaban J connectivity index is 1.48. The number of ether oxygens (including phenoxy) is 4. The van der Waals surface area contributed by atoms with Crippen LogP contribution in [0.15, 0.2) is 126 Å². The second-order valence-electron chi connectivity index (χ2n) is 9.93. The number of rotatable bonds is 13. The van der Waals surface area contributed by atoms with Crippen LogP contribution in [0.1, 0.15) is 16.7 Å². The van der Waals surface area contributed by atoms with Gasteiger partial charge in [-0.05, 0) is 28.8 Å². The van der Waals surface area contributed by atoms with Crippen LogP contribution in [-0.2, 0) is 38.8 Å². The molecule has 0 amide bonds. The van der Waals surface area contributed by atoms with Gasteiger partial charge in [0.05, 0.1) is 26.4 Å². The average Bonchev–Trinajstić information content (AvgIpc) is 3.04. The molecule has 0 radical (unpaired) electrons. The molecule has 4 aromatic carbocycles.